The lowest BCUT2D eigenvalue weighted by Crippen LogP contribution is -2.30. The molecule has 1 aliphatic heterocycles. The van der Waals surface area contributed by atoms with Gasteiger partial charge in [0.15, 0.2) is 0 Å². The van der Waals surface area contributed by atoms with E-state index in [4.69, 9.17) is 0 Å². The number of hydrogen-bond acceptors (Lipinski definition) is 1. The molecule has 1 nitrogen and oxygen atoms in total. The molecule has 0 aromatic heterocycles. The van der Waals surface area contributed by atoms with Crippen LogP contribution in [0.4, 0.5) is 0 Å². The average molecular weight is 289 g/mol. The van der Waals surface area contributed by atoms with E-state index in [1.54, 1.807) is 0 Å². The number of likely N-dealkylation sites (tertiary alicyclic amines) is 1. The summed E-state index contributed by atoms with van der Waals surface area (Å²) in [4.78, 5) is 2.57. The molecule has 0 atom stereocenters. The molecule has 0 saturated carbocycles. The van der Waals surface area contributed by atoms with Crippen LogP contribution in [0.15, 0.2) is 0 Å². The monoisotopic (exact) mass is 287 g/mol. The Morgan fingerprint density at radius 2 is 1.55 bits per heavy atom. The van der Waals surface area contributed by atoms with E-state index in [-0.39, 0.29) is 34.0 Å². The van der Waals surface area contributed by atoms with Crippen molar-refractivity contribution in [2.24, 2.45) is 0 Å². The van der Waals surface area contributed by atoms with E-state index in [1.807, 2.05) is 0 Å². The van der Waals surface area contributed by atoms with Gasteiger partial charge in [-0.25, -0.2) is 0 Å². The van der Waals surface area contributed by atoms with Crippen LogP contribution >= 0.6 is 34.0 Å². The molecule has 70 valence electrons. The molecule has 0 aliphatic carbocycles. The normalized spacial score (nSPS) is 18.3. The molecule has 1 rings (SSSR count). The standard InChI is InChI=1S/C8H17N.2BrH/c1-2-6-9-7-4-3-5-8-9;;/h2-8H2,1H3;2*1H. The van der Waals surface area contributed by atoms with Crippen molar-refractivity contribution in [3.63, 3.8) is 0 Å². The quantitative estimate of drug-likeness (QED) is 0.755. The first-order chi connectivity index (χ1) is 4.43. The number of halogens is 2. The van der Waals surface area contributed by atoms with E-state index in [0.717, 1.165) is 0 Å². The van der Waals surface area contributed by atoms with Gasteiger partial charge in [0, 0.05) is 0 Å². The van der Waals surface area contributed by atoms with Gasteiger partial charge in [-0.3, -0.25) is 0 Å². The van der Waals surface area contributed by atoms with Crippen molar-refractivity contribution >= 4 is 34.0 Å². The van der Waals surface area contributed by atoms with Crippen molar-refractivity contribution in [1.29, 1.82) is 0 Å². The maximum absolute atomic E-state index is 2.57. The highest BCUT2D eigenvalue weighted by Gasteiger charge is 2.07. The lowest BCUT2D eigenvalue weighted by Gasteiger charge is -2.25. The van der Waals surface area contributed by atoms with Crippen LogP contribution in [0.2, 0.25) is 0 Å². The maximum Gasteiger partial charge on any atom is -0.00187 e. The highest BCUT2D eigenvalue weighted by Crippen LogP contribution is 2.07. The van der Waals surface area contributed by atoms with E-state index in [1.165, 1.54) is 45.3 Å². The molecule has 1 saturated heterocycles. The van der Waals surface area contributed by atoms with Crippen LogP contribution in [0, 0.1) is 0 Å². The zero-order valence-electron chi connectivity index (χ0n) is 7.21. The van der Waals surface area contributed by atoms with Gasteiger partial charge in [0.05, 0.1) is 0 Å². The third kappa shape index (κ3) is 6.12. The van der Waals surface area contributed by atoms with Crippen molar-refractivity contribution in [3.8, 4) is 0 Å². The van der Waals surface area contributed by atoms with Gasteiger partial charge in [-0.1, -0.05) is 13.3 Å². The van der Waals surface area contributed by atoms with Crippen molar-refractivity contribution < 1.29 is 0 Å². The molecule has 0 amide bonds. The average Bonchev–Trinajstić information content (AvgIpc) is 1.91. The van der Waals surface area contributed by atoms with Crippen LogP contribution in [0.25, 0.3) is 0 Å². The molecule has 0 aromatic rings. The Morgan fingerprint density at radius 3 is 2.00 bits per heavy atom. The number of hydrogen-bond donors (Lipinski definition) is 0. The van der Waals surface area contributed by atoms with E-state index >= 15 is 0 Å². The van der Waals surface area contributed by atoms with Crippen LogP contribution in [0.3, 0.4) is 0 Å². The van der Waals surface area contributed by atoms with E-state index in [2.05, 4.69) is 11.8 Å². The molecule has 0 radical (unpaired) electrons. The SMILES string of the molecule is Br.Br.CCCN1CCCCC1. The zero-order valence-corrected chi connectivity index (χ0v) is 10.6. The van der Waals surface area contributed by atoms with E-state index in [9.17, 15) is 0 Å². The Bertz CT molecular complexity index is 69.7. The Hall–Kier alpha value is 0.920. The number of nitrogens with zero attached hydrogens (tertiary/aromatic N) is 1. The predicted octanol–water partition coefficient (Wildman–Crippen LogP) is 3.04. The predicted molar refractivity (Wildman–Crippen MR) is 61.2 cm³/mol. The molecule has 0 aromatic carbocycles. The Labute approximate surface area is 91.1 Å². The number of piperidine rings is 1. The van der Waals surface area contributed by atoms with Gasteiger partial charge in [0.2, 0.25) is 0 Å². The highest BCUT2D eigenvalue weighted by atomic mass is 79.9. The summed E-state index contributed by atoms with van der Waals surface area (Å²) in [7, 11) is 0. The van der Waals surface area contributed by atoms with Crippen LogP contribution < -0.4 is 0 Å². The summed E-state index contributed by atoms with van der Waals surface area (Å²) in [6.07, 6.45) is 5.64. The molecule has 1 heterocycles. The highest BCUT2D eigenvalue weighted by molar-refractivity contribution is 8.93. The largest absolute Gasteiger partial charge is 0.303 e. The minimum atomic E-state index is 0. The number of rotatable bonds is 2. The fourth-order valence-corrected chi connectivity index (χ4v) is 1.50. The van der Waals surface area contributed by atoms with Gasteiger partial charge in [-0.2, -0.15) is 0 Å². The van der Waals surface area contributed by atoms with E-state index < -0.39 is 0 Å². The molecule has 0 unspecified atom stereocenters. The smallest absolute Gasteiger partial charge is 0.00187 e. The first-order valence-electron chi connectivity index (χ1n) is 4.16. The summed E-state index contributed by atoms with van der Waals surface area (Å²) in [5.74, 6) is 0. The molecule has 0 spiro atoms. The molecule has 11 heavy (non-hydrogen) atoms. The van der Waals surface area contributed by atoms with Gasteiger partial charge < -0.3 is 4.90 Å². The summed E-state index contributed by atoms with van der Waals surface area (Å²) < 4.78 is 0. The Kier molecular flexibility index (Phi) is 11.8. The first kappa shape index (κ1) is 14.4. The Morgan fingerprint density at radius 1 is 1.00 bits per heavy atom. The molecule has 0 bridgehead atoms. The van der Waals surface area contributed by atoms with Crippen molar-refractivity contribution in [2.75, 3.05) is 19.6 Å². The lowest BCUT2D eigenvalue weighted by molar-refractivity contribution is 0.229. The van der Waals surface area contributed by atoms with Gasteiger partial charge in [-0.05, 0) is 38.9 Å². The van der Waals surface area contributed by atoms with Gasteiger partial charge in [0.1, 0.15) is 0 Å². The topological polar surface area (TPSA) is 3.24 Å². The fourth-order valence-electron chi connectivity index (χ4n) is 1.50. The molecule has 0 N–H and O–H groups in total. The summed E-state index contributed by atoms with van der Waals surface area (Å²) in [5.41, 5.74) is 0. The molecular formula is C8H19Br2N. The summed E-state index contributed by atoms with van der Waals surface area (Å²) >= 11 is 0. The molecule has 3 heteroatoms. The van der Waals surface area contributed by atoms with Gasteiger partial charge in [-0.15, -0.1) is 34.0 Å². The Balaban J connectivity index is 0. The lowest BCUT2D eigenvalue weighted by atomic mass is 10.1. The third-order valence-electron chi connectivity index (χ3n) is 1.99. The molecular weight excluding hydrogens is 270 g/mol. The fraction of sp³-hybridized carbons (Fsp3) is 1.00. The second-order valence-corrected chi connectivity index (χ2v) is 2.90. The van der Waals surface area contributed by atoms with E-state index in [0.29, 0.717) is 0 Å². The minimum Gasteiger partial charge on any atom is -0.303 e. The van der Waals surface area contributed by atoms with Crippen LogP contribution in [-0.2, 0) is 0 Å². The summed E-state index contributed by atoms with van der Waals surface area (Å²) in [6.45, 7) is 6.29. The van der Waals surface area contributed by atoms with Crippen molar-refractivity contribution in [3.05, 3.63) is 0 Å². The second-order valence-electron chi connectivity index (χ2n) is 2.90. The van der Waals surface area contributed by atoms with Crippen LogP contribution in [0.1, 0.15) is 32.6 Å². The second kappa shape index (κ2) is 9.01. The van der Waals surface area contributed by atoms with Crippen LogP contribution in [0.5, 0.6) is 0 Å². The summed E-state index contributed by atoms with van der Waals surface area (Å²) in [5, 5.41) is 0. The van der Waals surface area contributed by atoms with Gasteiger partial charge in [0.25, 0.3) is 0 Å². The zero-order chi connectivity index (χ0) is 6.53. The van der Waals surface area contributed by atoms with Crippen molar-refractivity contribution in [1.82, 2.24) is 4.90 Å². The first-order valence-corrected chi connectivity index (χ1v) is 4.16. The van der Waals surface area contributed by atoms with Crippen molar-refractivity contribution in [2.45, 2.75) is 32.6 Å². The van der Waals surface area contributed by atoms with Gasteiger partial charge >= 0.3 is 0 Å². The molecule has 1 fully saturated rings. The van der Waals surface area contributed by atoms with Crippen LogP contribution in [-0.4, -0.2) is 24.5 Å². The minimum absolute atomic E-state index is 0. The maximum atomic E-state index is 2.57. The molecule has 1 aliphatic rings. The third-order valence-corrected chi connectivity index (χ3v) is 1.99. The summed E-state index contributed by atoms with van der Waals surface area (Å²) in [6, 6.07) is 0.